The summed E-state index contributed by atoms with van der Waals surface area (Å²) in [7, 11) is 1.45. The number of fused-ring (bicyclic) bond motifs is 1. The second-order valence-electron chi connectivity index (χ2n) is 8.45. The Morgan fingerprint density at radius 1 is 0.846 bits per heavy atom. The van der Waals surface area contributed by atoms with Gasteiger partial charge in [-0.2, -0.15) is 0 Å². The van der Waals surface area contributed by atoms with E-state index in [-0.39, 0.29) is 29.0 Å². The number of carbonyl (C=O) groups excluding carboxylic acids is 3. The molecule has 4 aromatic rings. The first-order valence-electron chi connectivity index (χ1n) is 11.7. The molecule has 5 rings (SSSR count). The Labute approximate surface area is 222 Å². The van der Waals surface area contributed by atoms with Crippen LogP contribution in [0.3, 0.4) is 0 Å². The van der Waals surface area contributed by atoms with E-state index >= 15 is 0 Å². The third kappa shape index (κ3) is 5.03. The minimum Gasteiger partial charge on any atom is -0.495 e. The average Bonchev–Trinajstić information content (AvgIpc) is 3.21. The number of carbonyl (C=O) groups is 3. The number of ether oxygens (including phenoxy) is 3. The molecule has 10 nitrogen and oxygen atoms in total. The molecule has 0 atom stereocenters. The Morgan fingerprint density at radius 3 is 2.15 bits per heavy atom. The second-order valence-corrected chi connectivity index (χ2v) is 8.45. The van der Waals surface area contributed by atoms with Gasteiger partial charge in [0.2, 0.25) is 0 Å². The van der Waals surface area contributed by atoms with Crippen LogP contribution >= 0.6 is 0 Å². The van der Waals surface area contributed by atoms with Crippen molar-refractivity contribution in [3.05, 3.63) is 123 Å². The van der Waals surface area contributed by atoms with Crippen LogP contribution in [0, 0.1) is 10.1 Å². The maximum atomic E-state index is 13.1. The van der Waals surface area contributed by atoms with Crippen molar-refractivity contribution >= 4 is 29.2 Å². The fourth-order valence-electron chi connectivity index (χ4n) is 4.06. The van der Waals surface area contributed by atoms with Gasteiger partial charge < -0.3 is 14.2 Å². The molecule has 10 heteroatoms. The molecule has 0 N–H and O–H groups in total. The largest absolute Gasteiger partial charge is 0.495 e. The standard InChI is InChI=1S/C29H20N2O8/c1-37-26-5-3-2-4-25(26)30-27(32)23-15-8-19(16-24(23)28(30)33)29(34)38-17-18-6-11-21(12-7-18)39-22-13-9-20(10-14-22)31(35)36/h2-16H,17H2,1H3. The van der Waals surface area contributed by atoms with Gasteiger partial charge in [0.1, 0.15) is 23.9 Å². The van der Waals surface area contributed by atoms with Crippen LogP contribution in [0.25, 0.3) is 0 Å². The van der Waals surface area contributed by atoms with Crippen LogP contribution in [0.2, 0.25) is 0 Å². The Hall–Kier alpha value is -5.51. The number of rotatable bonds is 8. The molecule has 0 aliphatic carbocycles. The highest BCUT2D eigenvalue weighted by molar-refractivity contribution is 6.35. The van der Waals surface area contributed by atoms with Crippen LogP contribution in [0.5, 0.6) is 17.2 Å². The van der Waals surface area contributed by atoms with Crippen molar-refractivity contribution in [2.75, 3.05) is 12.0 Å². The van der Waals surface area contributed by atoms with Crippen LogP contribution in [0.15, 0.2) is 91.0 Å². The molecule has 1 heterocycles. The molecule has 0 saturated heterocycles. The molecule has 0 spiro atoms. The first kappa shape index (κ1) is 25.2. The normalized spacial score (nSPS) is 12.2. The number of benzene rings is 4. The summed E-state index contributed by atoms with van der Waals surface area (Å²) in [5.41, 5.74) is 1.40. The number of imide groups is 1. The number of nitrogens with zero attached hydrogens (tertiary/aromatic N) is 2. The number of amides is 2. The number of non-ortho nitro benzene ring substituents is 1. The summed E-state index contributed by atoms with van der Waals surface area (Å²) in [4.78, 5) is 50.1. The molecule has 2 amide bonds. The molecule has 0 unspecified atom stereocenters. The van der Waals surface area contributed by atoms with Gasteiger partial charge in [-0.05, 0) is 60.2 Å². The van der Waals surface area contributed by atoms with Crippen molar-refractivity contribution in [2.24, 2.45) is 0 Å². The van der Waals surface area contributed by atoms with E-state index in [0.29, 0.717) is 28.5 Å². The number of nitro benzene ring substituents is 1. The molecule has 4 aromatic carbocycles. The number of hydrogen-bond donors (Lipinski definition) is 0. The molecule has 1 aliphatic rings. The fraction of sp³-hybridized carbons (Fsp3) is 0.0690. The van der Waals surface area contributed by atoms with Crippen LogP contribution in [0.1, 0.15) is 36.6 Å². The van der Waals surface area contributed by atoms with Gasteiger partial charge in [0, 0.05) is 12.1 Å². The molecular formula is C29H20N2O8. The summed E-state index contributed by atoms with van der Waals surface area (Å²) in [6.07, 6.45) is 0. The van der Waals surface area contributed by atoms with E-state index in [2.05, 4.69) is 0 Å². The van der Waals surface area contributed by atoms with Gasteiger partial charge >= 0.3 is 5.97 Å². The molecule has 0 fully saturated rings. The topological polar surface area (TPSA) is 125 Å². The lowest BCUT2D eigenvalue weighted by molar-refractivity contribution is -0.384. The zero-order chi connectivity index (χ0) is 27.5. The number of hydrogen-bond acceptors (Lipinski definition) is 8. The first-order valence-corrected chi connectivity index (χ1v) is 11.7. The van der Waals surface area contributed by atoms with Crippen LogP contribution in [-0.2, 0) is 11.3 Å². The second kappa shape index (κ2) is 10.5. The zero-order valence-electron chi connectivity index (χ0n) is 20.5. The predicted octanol–water partition coefficient (Wildman–Crippen LogP) is 5.55. The van der Waals surface area contributed by atoms with E-state index in [0.717, 1.165) is 4.90 Å². The van der Waals surface area contributed by atoms with E-state index in [9.17, 15) is 24.5 Å². The lowest BCUT2D eigenvalue weighted by atomic mass is 10.1. The van der Waals surface area contributed by atoms with Gasteiger partial charge in [-0.25, -0.2) is 9.69 Å². The van der Waals surface area contributed by atoms with Crippen molar-refractivity contribution in [1.29, 1.82) is 0 Å². The Balaban J connectivity index is 1.23. The zero-order valence-corrected chi connectivity index (χ0v) is 20.5. The molecule has 0 aromatic heterocycles. The van der Waals surface area contributed by atoms with E-state index in [1.165, 1.54) is 49.6 Å². The molecule has 39 heavy (non-hydrogen) atoms. The maximum absolute atomic E-state index is 13.1. The number of esters is 1. The van der Waals surface area contributed by atoms with Crippen molar-refractivity contribution in [3.8, 4) is 17.2 Å². The summed E-state index contributed by atoms with van der Waals surface area (Å²) >= 11 is 0. The molecular weight excluding hydrogens is 504 g/mol. The summed E-state index contributed by atoms with van der Waals surface area (Å²) < 4.78 is 16.4. The molecule has 0 bridgehead atoms. The highest BCUT2D eigenvalue weighted by atomic mass is 16.6. The highest BCUT2D eigenvalue weighted by Gasteiger charge is 2.38. The van der Waals surface area contributed by atoms with Gasteiger partial charge in [0.25, 0.3) is 17.5 Å². The highest BCUT2D eigenvalue weighted by Crippen LogP contribution is 2.35. The van der Waals surface area contributed by atoms with Crippen molar-refractivity contribution in [2.45, 2.75) is 6.61 Å². The number of methoxy groups -OCH3 is 1. The third-order valence-corrected chi connectivity index (χ3v) is 6.02. The summed E-state index contributed by atoms with van der Waals surface area (Å²) in [5, 5.41) is 10.8. The number of nitro groups is 1. The fourth-order valence-corrected chi connectivity index (χ4v) is 4.06. The summed E-state index contributed by atoms with van der Waals surface area (Å²) in [6.45, 7) is -0.0338. The molecule has 0 saturated carbocycles. The molecule has 0 radical (unpaired) electrons. The molecule has 1 aliphatic heterocycles. The maximum Gasteiger partial charge on any atom is 0.338 e. The van der Waals surface area contributed by atoms with Crippen LogP contribution in [0.4, 0.5) is 11.4 Å². The number of para-hydroxylation sites is 2. The van der Waals surface area contributed by atoms with Crippen molar-refractivity contribution < 1.29 is 33.5 Å². The van der Waals surface area contributed by atoms with Gasteiger partial charge in [-0.15, -0.1) is 0 Å². The van der Waals surface area contributed by atoms with Crippen molar-refractivity contribution in [3.63, 3.8) is 0 Å². The smallest absolute Gasteiger partial charge is 0.338 e. The van der Waals surface area contributed by atoms with E-state index < -0.39 is 22.7 Å². The SMILES string of the molecule is COc1ccccc1N1C(=O)c2ccc(C(=O)OCc3ccc(Oc4ccc([N+](=O)[O-])cc4)cc3)cc2C1=O. The van der Waals surface area contributed by atoms with Gasteiger partial charge in [-0.3, -0.25) is 19.7 Å². The predicted molar refractivity (Wildman–Crippen MR) is 139 cm³/mol. The third-order valence-electron chi connectivity index (χ3n) is 6.02. The lowest BCUT2D eigenvalue weighted by Crippen LogP contribution is -2.29. The van der Waals surface area contributed by atoms with Crippen LogP contribution < -0.4 is 14.4 Å². The lowest BCUT2D eigenvalue weighted by Gasteiger charge is -2.16. The Kier molecular flexibility index (Phi) is 6.75. The van der Waals surface area contributed by atoms with E-state index in [1.54, 1.807) is 48.5 Å². The van der Waals surface area contributed by atoms with Gasteiger partial charge in [0.05, 0.1) is 34.4 Å². The Bertz CT molecular complexity index is 1600. The quantitative estimate of drug-likeness (QED) is 0.127. The molecule has 194 valence electrons. The number of anilines is 1. The monoisotopic (exact) mass is 524 g/mol. The summed E-state index contributed by atoms with van der Waals surface area (Å²) in [5.74, 6) is -0.405. The average molecular weight is 524 g/mol. The van der Waals surface area contributed by atoms with Gasteiger partial charge in [-0.1, -0.05) is 24.3 Å². The van der Waals surface area contributed by atoms with Gasteiger partial charge in [0.15, 0.2) is 0 Å². The van der Waals surface area contributed by atoms with Crippen LogP contribution in [-0.4, -0.2) is 29.8 Å². The minimum atomic E-state index is -0.653. The summed E-state index contributed by atoms with van der Waals surface area (Å²) in [6, 6.07) is 23.4. The van der Waals surface area contributed by atoms with Crippen molar-refractivity contribution in [1.82, 2.24) is 0 Å². The Morgan fingerprint density at radius 2 is 1.49 bits per heavy atom. The van der Waals surface area contributed by atoms with E-state index in [1.807, 2.05) is 0 Å². The first-order chi connectivity index (χ1) is 18.9. The minimum absolute atomic E-state index is 0.0338. The van der Waals surface area contributed by atoms with E-state index in [4.69, 9.17) is 14.2 Å².